The zero-order chi connectivity index (χ0) is 12.6. The third-order valence-electron chi connectivity index (χ3n) is 4.32. The summed E-state index contributed by atoms with van der Waals surface area (Å²) in [5, 5.41) is 3.72. The van der Waals surface area contributed by atoms with Gasteiger partial charge in [0.25, 0.3) is 0 Å². The molecule has 2 rings (SSSR count). The van der Waals surface area contributed by atoms with E-state index in [2.05, 4.69) is 18.3 Å². The molecule has 0 aromatic heterocycles. The first-order chi connectivity index (χ1) is 8.92. The van der Waals surface area contributed by atoms with Crippen molar-refractivity contribution in [2.24, 2.45) is 5.92 Å². The van der Waals surface area contributed by atoms with Crippen LogP contribution in [0, 0.1) is 5.92 Å². The van der Waals surface area contributed by atoms with Gasteiger partial charge in [0.05, 0.1) is 6.61 Å². The molecule has 2 atom stereocenters. The first-order valence-electron chi connectivity index (χ1n) is 7.92. The van der Waals surface area contributed by atoms with Crippen LogP contribution in [0.5, 0.6) is 0 Å². The van der Waals surface area contributed by atoms with Crippen LogP contribution in [0.3, 0.4) is 0 Å². The predicted octanol–water partition coefficient (Wildman–Crippen LogP) is 3.67. The van der Waals surface area contributed by atoms with E-state index in [1.54, 1.807) is 5.57 Å². The Morgan fingerprint density at radius 1 is 1.28 bits per heavy atom. The van der Waals surface area contributed by atoms with Crippen LogP contribution in [0.15, 0.2) is 11.6 Å². The molecule has 0 aromatic carbocycles. The van der Waals surface area contributed by atoms with E-state index in [0.717, 1.165) is 19.8 Å². The van der Waals surface area contributed by atoms with Crippen molar-refractivity contribution in [3.63, 3.8) is 0 Å². The van der Waals surface area contributed by atoms with Crippen LogP contribution in [0.25, 0.3) is 0 Å². The minimum absolute atomic E-state index is 0.577. The third kappa shape index (κ3) is 4.10. The maximum absolute atomic E-state index is 5.69. The Morgan fingerprint density at radius 2 is 2.17 bits per heavy atom. The molecule has 0 amide bonds. The number of hydrogen-bond donors (Lipinski definition) is 1. The molecule has 1 saturated heterocycles. The first kappa shape index (κ1) is 14.1. The number of likely N-dealkylation sites (N-methyl/N-ethyl adjacent to an activating group) is 1. The molecule has 1 aliphatic heterocycles. The molecule has 0 radical (unpaired) electrons. The molecule has 2 aliphatic rings. The van der Waals surface area contributed by atoms with Crippen molar-refractivity contribution >= 4 is 0 Å². The van der Waals surface area contributed by atoms with Crippen LogP contribution in [0.4, 0.5) is 0 Å². The van der Waals surface area contributed by atoms with Crippen molar-refractivity contribution in [2.75, 3.05) is 19.8 Å². The molecule has 0 aromatic rings. The summed E-state index contributed by atoms with van der Waals surface area (Å²) in [5.74, 6) is 0.698. The molecule has 18 heavy (non-hydrogen) atoms. The molecule has 1 fully saturated rings. The molecule has 2 heteroatoms. The molecule has 2 nitrogen and oxygen atoms in total. The van der Waals surface area contributed by atoms with Gasteiger partial charge >= 0.3 is 0 Å². The number of ether oxygens (including phenoxy) is 1. The van der Waals surface area contributed by atoms with Crippen LogP contribution in [0.1, 0.15) is 58.3 Å². The Morgan fingerprint density at radius 3 is 2.94 bits per heavy atom. The minimum Gasteiger partial charge on any atom is -0.381 e. The van der Waals surface area contributed by atoms with Gasteiger partial charge in [-0.25, -0.2) is 0 Å². The Balaban J connectivity index is 2.01. The summed E-state index contributed by atoms with van der Waals surface area (Å²) in [6.07, 6.45) is 13.3. The van der Waals surface area contributed by atoms with Crippen LogP contribution < -0.4 is 5.32 Å². The van der Waals surface area contributed by atoms with E-state index in [1.165, 1.54) is 51.4 Å². The number of hydrogen-bond acceptors (Lipinski definition) is 2. The first-order valence-corrected chi connectivity index (χ1v) is 7.92. The van der Waals surface area contributed by atoms with Gasteiger partial charge in [-0.3, -0.25) is 0 Å². The van der Waals surface area contributed by atoms with E-state index in [1.807, 2.05) is 0 Å². The standard InChI is InChI=1S/C16H29NO/c1-2-17-16(15-11-8-12-18-13-15)14-9-6-4-3-5-7-10-14/h9,15-17H,2-8,10-13H2,1H3. The highest BCUT2D eigenvalue weighted by Gasteiger charge is 2.26. The molecule has 104 valence electrons. The predicted molar refractivity (Wildman–Crippen MR) is 76.8 cm³/mol. The third-order valence-corrected chi connectivity index (χ3v) is 4.32. The van der Waals surface area contributed by atoms with E-state index >= 15 is 0 Å². The quantitative estimate of drug-likeness (QED) is 0.770. The molecule has 1 aliphatic carbocycles. The van der Waals surface area contributed by atoms with Crippen LogP contribution in [-0.4, -0.2) is 25.8 Å². The van der Waals surface area contributed by atoms with E-state index < -0.39 is 0 Å². The highest BCUT2D eigenvalue weighted by Crippen LogP contribution is 2.27. The van der Waals surface area contributed by atoms with E-state index in [0.29, 0.717) is 12.0 Å². The maximum atomic E-state index is 5.69. The molecule has 1 N–H and O–H groups in total. The summed E-state index contributed by atoms with van der Waals surface area (Å²) < 4.78 is 5.69. The van der Waals surface area contributed by atoms with Gasteiger partial charge in [0.15, 0.2) is 0 Å². The number of rotatable bonds is 4. The van der Waals surface area contributed by atoms with Crippen molar-refractivity contribution in [1.82, 2.24) is 5.32 Å². The van der Waals surface area contributed by atoms with Gasteiger partial charge in [-0.1, -0.05) is 31.4 Å². The molecule has 2 unspecified atom stereocenters. The van der Waals surface area contributed by atoms with Crippen molar-refractivity contribution < 1.29 is 4.74 Å². The fourth-order valence-corrected chi connectivity index (χ4v) is 3.35. The fraction of sp³-hybridized carbons (Fsp3) is 0.875. The van der Waals surface area contributed by atoms with E-state index in [9.17, 15) is 0 Å². The van der Waals surface area contributed by atoms with Crippen molar-refractivity contribution in [1.29, 1.82) is 0 Å². The summed E-state index contributed by atoms with van der Waals surface area (Å²) in [7, 11) is 0. The largest absolute Gasteiger partial charge is 0.381 e. The van der Waals surface area contributed by atoms with Gasteiger partial charge in [-0.05, 0) is 45.1 Å². The van der Waals surface area contributed by atoms with Crippen LogP contribution >= 0.6 is 0 Å². The van der Waals surface area contributed by atoms with Crippen LogP contribution in [0.2, 0.25) is 0 Å². The Hall–Kier alpha value is -0.340. The topological polar surface area (TPSA) is 21.3 Å². The van der Waals surface area contributed by atoms with Gasteiger partial charge < -0.3 is 10.1 Å². The van der Waals surface area contributed by atoms with Crippen molar-refractivity contribution in [3.05, 3.63) is 11.6 Å². The number of allylic oxidation sites excluding steroid dienone is 1. The van der Waals surface area contributed by atoms with Gasteiger partial charge in [0.2, 0.25) is 0 Å². The van der Waals surface area contributed by atoms with E-state index in [-0.39, 0.29) is 0 Å². The van der Waals surface area contributed by atoms with Gasteiger partial charge in [-0.15, -0.1) is 0 Å². The van der Waals surface area contributed by atoms with Gasteiger partial charge in [-0.2, -0.15) is 0 Å². The fourth-order valence-electron chi connectivity index (χ4n) is 3.35. The highest BCUT2D eigenvalue weighted by molar-refractivity contribution is 5.13. The lowest BCUT2D eigenvalue weighted by Crippen LogP contribution is -2.41. The summed E-state index contributed by atoms with van der Waals surface area (Å²) in [4.78, 5) is 0. The average molecular weight is 251 g/mol. The second-order valence-electron chi connectivity index (χ2n) is 5.74. The molecule has 0 bridgehead atoms. The Labute approximate surface area is 112 Å². The van der Waals surface area contributed by atoms with Crippen molar-refractivity contribution in [2.45, 2.75) is 64.3 Å². The molecular formula is C16H29NO. The highest BCUT2D eigenvalue weighted by atomic mass is 16.5. The lowest BCUT2D eigenvalue weighted by Gasteiger charge is -2.33. The second kappa shape index (κ2) is 7.96. The Bertz CT molecular complexity index is 256. The summed E-state index contributed by atoms with van der Waals surface area (Å²) in [5.41, 5.74) is 1.67. The van der Waals surface area contributed by atoms with Gasteiger partial charge in [0.1, 0.15) is 0 Å². The zero-order valence-electron chi connectivity index (χ0n) is 11.9. The van der Waals surface area contributed by atoms with E-state index in [4.69, 9.17) is 4.74 Å². The molecule has 0 saturated carbocycles. The van der Waals surface area contributed by atoms with Crippen molar-refractivity contribution in [3.8, 4) is 0 Å². The second-order valence-corrected chi connectivity index (χ2v) is 5.74. The lowest BCUT2D eigenvalue weighted by atomic mass is 9.84. The molecule has 1 heterocycles. The SMILES string of the molecule is CCNC(C1=CCCCCCC1)C1CCCOC1. The Kier molecular flexibility index (Phi) is 6.22. The van der Waals surface area contributed by atoms with Crippen LogP contribution in [-0.2, 0) is 4.74 Å². The smallest absolute Gasteiger partial charge is 0.0512 e. The summed E-state index contributed by atoms with van der Waals surface area (Å²) in [6.45, 7) is 5.21. The lowest BCUT2D eigenvalue weighted by molar-refractivity contribution is 0.0440. The summed E-state index contributed by atoms with van der Waals surface area (Å²) in [6, 6.07) is 0.577. The minimum atomic E-state index is 0.577. The molecular weight excluding hydrogens is 222 g/mol. The monoisotopic (exact) mass is 251 g/mol. The average Bonchev–Trinajstić information content (AvgIpc) is 2.38. The zero-order valence-corrected chi connectivity index (χ0v) is 11.9. The number of nitrogens with one attached hydrogen (secondary N) is 1. The molecule has 0 spiro atoms. The maximum Gasteiger partial charge on any atom is 0.0512 e. The summed E-state index contributed by atoms with van der Waals surface area (Å²) >= 11 is 0. The normalized spacial score (nSPS) is 28.1. The van der Waals surface area contributed by atoms with Gasteiger partial charge in [0, 0.05) is 18.6 Å².